The fourth-order valence-corrected chi connectivity index (χ4v) is 7.41. The number of pyridine rings is 1. The first-order chi connectivity index (χ1) is 23.3. The summed E-state index contributed by atoms with van der Waals surface area (Å²) in [6.45, 7) is 0. The molecule has 0 unspecified atom stereocenters. The maximum absolute atomic E-state index is 5.05. The third-order valence-electron chi connectivity index (χ3n) is 9.37. The van der Waals surface area contributed by atoms with Gasteiger partial charge in [0.05, 0.1) is 28.5 Å². The summed E-state index contributed by atoms with van der Waals surface area (Å²) in [5.41, 5.74) is 11.9. The highest BCUT2D eigenvalue weighted by molar-refractivity contribution is 5.90. The quantitative estimate of drug-likeness (QED) is 0.197. The maximum Gasteiger partial charge on any atom is 0.145 e. The zero-order valence-corrected chi connectivity index (χ0v) is 25.6. The Morgan fingerprint density at radius 2 is 1.00 bits per heavy atom. The van der Waals surface area contributed by atoms with Crippen LogP contribution < -0.4 is 4.90 Å². The SMILES string of the molecule is c1ccc(-n2c(-c3ccc(N4c5ccccc5C(c5ccccc5)(c5ccccc5)c5ccccc54)cc3)nc3cnccc32)cc1. The molecule has 0 fully saturated rings. The van der Waals surface area contributed by atoms with Gasteiger partial charge in [-0.3, -0.25) is 9.55 Å². The average molecular weight is 603 g/mol. The van der Waals surface area contributed by atoms with Gasteiger partial charge in [-0.2, -0.15) is 0 Å². The van der Waals surface area contributed by atoms with E-state index in [4.69, 9.17) is 4.98 Å². The highest BCUT2D eigenvalue weighted by atomic mass is 15.2. The lowest BCUT2D eigenvalue weighted by Gasteiger charge is -2.46. The van der Waals surface area contributed by atoms with Crippen LogP contribution in [0.25, 0.3) is 28.1 Å². The Hall–Kier alpha value is -6.26. The minimum atomic E-state index is -0.485. The summed E-state index contributed by atoms with van der Waals surface area (Å²) in [4.78, 5) is 11.8. The van der Waals surface area contributed by atoms with Gasteiger partial charge in [0.25, 0.3) is 0 Å². The van der Waals surface area contributed by atoms with Gasteiger partial charge < -0.3 is 4.90 Å². The molecular formula is C43H30N4. The Balaban J connectivity index is 1.24. The Kier molecular flexibility index (Phi) is 6.32. The zero-order chi connectivity index (χ0) is 31.2. The molecule has 222 valence electrons. The lowest BCUT2D eigenvalue weighted by Crippen LogP contribution is -2.37. The van der Waals surface area contributed by atoms with Crippen LogP contribution >= 0.6 is 0 Å². The third kappa shape index (κ3) is 4.15. The number of anilines is 3. The second-order valence-corrected chi connectivity index (χ2v) is 11.9. The van der Waals surface area contributed by atoms with Crippen molar-refractivity contribution in [1.82, 2.24) is 14.5 Å². The van der Waals surface area contributed by atoms with E-state index in [-0.39, 0.29) is 0 Å². The molecule has 4 heteroatoms. The van der Waals surface area contributed by atoms with Crippen LogP contribution in [0.15, 0.2) is 182 Å². The molecule has 4 nitrogen and oxygen atoms in total. The van der Waals surface area contributed by atoms with E-state index < -0.39 is 5.41 Å². The molecule has 3 heterocycles. The first-order valence-electron chi connectivity index (χ1n) is 15.9. The van der Waals surface area contributed by atoms with Gasteiger partial charge in [-0.1, -0.05) is 115 Å². The lowest BCUT2D eigenvalue weighted by atomic mass is 9.62. The summed E-state index contributed by atoms with van der Waals surface area (Å²) in [7, 11) is 0. The van der Waals surface area contributed by atoms with Gasteiger partial charge >= 0.3 is 0 Å². The van der Waals surface area contributed by atoms with Crippen LogP contribution in [0.1, 0.15) is 22.3 Å². The number of hydrogen-bond acceptors (Lipinski definition) is 3. The van der Waals surface area contributed by atoms with Crippen LogP contribution in [0, 0.1) is 0 Å². The van der Waals surface area contributed by atoms with E-state index in [0.717, 1.165) is 45.2 Å². The van der Waals surface area contributed by atoms with Crippen molar-refractivity contribution in [3.8, 4) is 17.1 Å². The molecule has 1 aliphatic heterocycles. The number of benzene rings is 6. The normalized spacial score (nSPS) is 13.2. The van der Waals surface area contributed by atoms with Crippen molar-refractivity contribution < 1.29 is 0 Å². The van der Waals surface area contributed by atoms with E-state index in [9.17, 15) is 0 Å². The Morgan fingerprint density at radius 1 is 0.468 bits per heavy atom. The fraction of sp³-hybridized carbons (Fsp3) is 0.0233. The summed E-state index contributed by atoms with van der Waals surface area (Å²) in [6, 6.07) is 60.8. The van der Waals surface area contributed by atoms with Gasteiger partial charge in [-0.05, 0) is 76.9 Å². The van der Waals surface area contributed by atoms with E-state index in [1.54, 1.807) is 0 Å². The van der Waals surface area contributed by atoms with Crippen LogP contribution in [0.4, 0.5) is 17.1 Å². The molecule has 0 spiro atoms. The predicted octanol–water partition coefficient (Wildman–Crippen LogP) is 10.3. The number of aromatic nitrogens is 3. The van der Waals surface area contributed by atoms with Crippen molar-refractivity contribution in [2.45, 2.75) is 5.41 Å². The minimum Gasteiger partial charge on any atom is -0.310 e. The molecule has 47 heavy (non-hydrogen) atoms. The standard InChI is InChI=1S/C43H30N4/c1-4-14-32(15-5-1)43(33-16-6-2-7-17-33)36-20-10-12-22-39(36)46(40-23-13-11-21-37(40)43)35-26-24-31(25-27-35)42-45-38-30-44-29-28-41(38)47(42)34-18-8-3-9-19-34/h1-30H. The van der Waals surface area contributed by atoms with Crippen molar-refractivity contribution in [3.05, 3.63) is 205 Å². The third-order valence-corrected chi connectivity index (χ3v) is 9.37. The second-order valence-electron chi connectivity index (χ2n) is 11.9. The zero-order valence-electron chi connectivity index (χ0n) is 25.6. The average Bonchev–Trinajstić information content (AvgIpc) is 3.55. The Labute approximate surface area is 273 Å². The van der Waals surface area contributed by atoms with Gasteiger partial charge in [0.2, 0.25) is 0 Å². The van der Waals surface area contributed by atoms with Crippen molar-refractivity contribution in [2.24, 2.45) is 0 Å². The van der Waals surface area contributed by atoms with Crippen LogP contribution in [-0.4, -0.2) is 14.5 Å². The Morgan fingerprint density at radius 3 is 1.60 bits per heavy atom. The second kappa shape index (κ2) is 11.0. The molecule has 8 aromatic rings. The van der Waals surface area contributed by atoms with Crippen LogP contribution in [0.2, 0.25) is 0 Å². The monoisotopic (exact) mass is 602 g/mol. The predicted molar refractivity (Wildman–Crippen MR) is 191 cm³/mol. The summed E-state index contributed by atoms with van der Waals surface area (Å²) < 4.78 is 2.21. The molecule has 0 amide bonds. The summed E-state index contributed by atoms with van der Waals surface area (Å²) in [6.07, 6.45) is 3.66. The topological polar surface area (TPSA) is 34.0 Å². The maximum atomic E-state index is 5.05. The highest BCUT2D eigenvalue weighted by Crippen LogP contribution is 2.57. The molecule has 0 bridgehead atoms. The molecule has 9 rings (SSSR count). The molecule has 0 aliphatic carbocycles. The molecule has 0 saturated heterocycles. The first kappa shape index (κ1) is 27.1. The van der Waals surface area contributed by atoms with Crippen molar-refractivity contribution in [3.63, 3.8) is 0 Å². The summed E-state index contributed by atoms with van der Waals surface area (Å²) in [5, 5.41) is 0. The van der Waals surface area contributed by atoms with Gasteiger partial charge in [0.1, 0.15) is 11.3 Å². The fourth-order valence-electron chi connectivity index (χ4n) is 7.41. The molecule has 0 radical (unpaired) electrons. The number of imidazole rings is 1. The number of para-hydroxylation sites is 3. The molecule has 0 saturated carbocycles. The number of nitrogens with zero attached hydrogens (tertiary/aromatic N) is 4. The van der Waals surface area contributed by atoms with Crippen LogP contribution in [0.3, 0.4) is 0 Å². The van der Waals surface area contributed by atoms with Crippen molar-refractivity contribution >= 4 is 28.1 Å². The number of hydrogen-bond donors (Lipinski definition) is 0. The van der Waals surface area contributed by atoms with Gasteiger partial charge in [-0.15, -0.1) is 0 Å². The van der Waals surface area contributed by atoms with E-state index in [0.29, 0.717) is 0 Å². The molecule has 6 aromatic carbocycles. The van der Waals surface area contributed by atoms with Crippen molar-refractivity contribution in [1.29, 1.82) is 0 Å². The minimum absolute atomic E-state index is 0.485. The highest BCUT2D eigenvalue weighted by Gasteiger charge is 2.46. The number of rotatable bonds is 5. The number of fused-ring (bicyclic) bond motifs is 3. The largest absolute Gasteiger partial charge is 0.310 e. The van der Waals surface area contributed by atoms with E-state index in [2.05, 4.69) is 172 Å². The lowest BCUT2D eigenvalue weighted by molar-refractivity contribution is 0.731. The molecular weight excluding hydrogens is 573 g/mol. The molecule has 2 aromatic heterocycles. The van der Waals surface area contributed by atoms with E-state index >= 15 is 0 Å². The van der Waals surface area contributed by atoms with E-state index in [1.807, 2.05) is 24.5 Å². The Bertz CT molecular complexity index is 2260. The molecule has 1 aliphatic rings. The van der Waals surface area contributed by atoms with Gasteiger partial charge in [0, 0.05) is 23.1 Å². The van der Waals surface area contributed by atoms with Crippen molar-refractivity contribution in [2.75, 3.05) is 4.90 Å². The molecule has 0 atom stereocenters. The summed E-state index contributed by atoms with van der Waals surface area (Å²) >= 11 is 0. The van der Waals surface area contributed by atoms with Crippen LogP contribution in [0.5, 0.6) is 0 Å². The van der Waals surface area contributed by atoms with Gasteiger partial charge in [-0.25, -0.2) is 4.98 Å². The summed E-state index contributed by atoms with van der Waals surface area (Å²) in [5.74, 6) is 0.886. The molecule has 0 N–H and O–H groups in total. The van der Waals surface area contributed by atoms with Crippen LogP contribution in [-0.2, 0) is 5.41 Å². The van der Waals surface area contributed by atoms with E-state index in [1.165, 1.54) is 22.3 Å². The first-order valence-corrected chi connectivity index (χ1v) is 15.9. The smallest absolute Gasteiger partial charge is 0.145 e. The van der Waals surface area contributed by atoms with Gasteiger partial charge in [0.15, 0.2) is 0 Å².